The number of aliphatic imine (C=N–C) groups is 1. The lowest BCUT2D eigenvalue weighted by Gasteiger charge is -2.13. The van der Waals surface area contributed by atoms with Crippen LogP contribution in [-0.4, -0.2) is 49.4 Å². The summed E-state index contributed by atoms with van der Waals surface area (Å²) in [5, 5.41) is 9.45. The van der Waals surface area contributed by atoms with Crippen molar-refractivity contribution in [2.75, 3.05) is 27.7 Å². The molecule has 0 radical (unpaired) electrons. The van der Waals surface area contributed by atoms with E-state index >= 15 is 0 Å². The van der Waals surface area contributed by atoms with Gasteiger partial charge in [-0.1, -0.05) is 13.8 Å². The maximum Gasteiger partial charge on any atom is 0.223 e. The van der Waals surface area contributed by atoms with Crippen molar-refractivity contribution in [3.63, 3.8) is 0 Å². The van der Waals surface area contributed by atoms with Gasteiger partial charge in [0.15, 0.2) is 5.96 Å². The summed E-state index contributed by atoms with van der Waals surface area (Å²) in [6, 6.07) is 0. The van der Waals surface area contributed by atoms with E-state index in [1.165, 1.54) is 0 Å². The number of nitrogens with one attached hydrogen (secondary N) is 2. The molecule has 0 aliphatic rings. The van der Waals surface area contributed by atoms with Gasteiger partial charge in [0, 0.05) is 39.5 Å². The van der Waals surface area contributed by atoms with Crippen LogP contribution in [0.15, 0.2) is 10.4 Å². The van der Waals surface area contributed by atoms with Crippen LogP contribution >= 0.6 is 11.3 Å². The molecule has 1 aromatic heterocycles. The molecule has 0 bridgehead atoms. The first-order chi connectivity index (χ1) is 9.93. The van der Waals surface area contributed by atoms with Crippen molar-refractivity contribution >= 4 is 23.2 Å². The van der Waals surface area contributed by atoms with Crippen LogP contribution in [0.3, 0.4) is 0 Å². The minimum absolute atomic E-state index is 0.0967. The predicted octanol–water partition coefficient (Wildman–Crippen LogP) is 1.41. The molecule has 0 aromatic carbocycles. The molecule has 0 fully saturated rings. The Morgan fingerprint density at radius 2 is 2.14 bits per heavy atom. The van der Waals surface area contributed by atoms with Crippen LogP contribution in [0, 0.1) is 0 Å². The quantitative estimate of drug-likeness (QED) is 0.615. The van der Waals surface area contributed by atoms with Crippen molar-refractivity contribution in [3.05, 3.63) is 16.1 Å². The van der Waals surface area contributed by atoms with Crippen molar-refractivity contribution < 1.29 is 4.79 Å². The molecule has 1 amide bonds. The summed E-state index contributed by atoms with van der Waals surface area (Å²) in [5.74, 6) is 1.23. The molecular formula is C14H25N5OS. The summed E-state index contributed by atoms with van der Waals surface area (Å²) in [6.45, 7) is 5.47. The maximum atomic E-state index is 11.5. The third-order valence-corrected chi connectivity index (χ3v) is 3.79. The number of rotatable bonds is 6. The second kappa shape index (κ2) is 8.61. The number of carbonyl (C=O) groups is 1. The van der Waals surface area contributed by atoms with Crippen molar-refractivity contribution in [1.29, 1.82) is 0 Å². The second-order valence-corrected chi connectivity index (χ2v) is 6.15. The van der Waals surface area contributed by atoms with Crippen LogP contribution in [-0.2, 0) is 11.3 Å². The summed E-state index contributed by atoms with van der Waals surface area (Å²) >= 11 is 1.65. The topological polar surface area (TPSA) is 69.6 Å². The van der Waals surface area contributed by atoms with Gasteiger partial charge >= 0.3 is 0 Å². The number of aromatic nitrogens is 1. The fourth-order valence-corrected chi connectivity index (χ4v) is 2.46. The van der Waals surface area contributed by atoms with E-state index in [0.29, 0.717) is 31.4 Å². The lowest BCUT2D eigenvalue weighted by molar-refractivity contribution is -0.128. The minimum Gasteiger partial charge on any atom is -0.356 e. The number of hydrogen-bond acceptors (Lipinski definition) is 4. The molecule has 0 saturated heterocycles. The Hall–Kier alpha value is -1.63. The monoisotopic (exact) mass is 311 g/mol. The van der Waals surface area contributed by atoms with Gasteiger partial charge in [0.25, 0.3) is 0 Å². The van der Waals surface area contributed by atoms with Crippen molar-refractivity contribution in [2.45, 2.75) is 32.7 Å². The third-order valence-electron chi connectivity index (χ3n) is 2.92. The van der Waals surface area contributed by atoms with E-state index in [2.05, 4.69) is 39.8 Å². The van der Waals surface area contributed by atoms with E-state index in [-0.39, 0.29) is 5.91 Å². The fourth-order valence-electron chi connectivity index (χ4n) is 1.56. The average Bonchev–Trinajstić information content (AvgIpc) is 2.91. The summed E-state index contributed by atoms with van der Waals surface area (Å²) in [5.41, 5.74) is 1.12. The summed E-state index contributed by atoms with van der Waals surface area (Å²) in [4.78, 5) is 21.8. The van der Waals surface area contributed by atoms with Crippen LogP contribution in [0.25, 0.3) is 0 Å². The summed E-state index contributed by atoms with van der Waals surface area (Å²) in [7, 11) is 5.22. The zero-order chi connectivity index (χ0) is 15.8. The molecule has 2 N–H and O–H groups in total. The van der Waals surface area contributed by atoms with E-state index in [1.54, 1.807) is 37.4 Å². The first-order valence-electron chi connectivity index (χ1n) is 7.03. The van der Waals surface area contributed by atoms with Crippen LogP contribution in [0.4, 0.5) is 0 Å². The third kappa shape index (κ3) is 6.12. The number of carbonyl (C=O) groups excluding carboxylic acids is 1. The Kier molecular flexibility index (Phi) is 7.14. The molecule has 6 nitrogen and oxygen atoms in total. The Labute approximate surface area is 130 Å². The van der Waals surface area contributed by atoms with Crippen molar-refractivity contribution in [2.24, 2.45) is 4.99 Å². The largest absolute Gasteiger partial charge is 0.356 e. The van der Waals surface area contributed by atoms with Gasteiger partial charge in [-0.25, -0.2) is 4.98 Å². The second-order valence-electron chi connectivity index (χ2n) is 5.21. The van der Waals surface area contributed by atoms with Crippen LogP contribution in [0.2, 0.25) is 0 Å². The Bertz CT molecular complexity index is 481. The molecule has 0 saturated carbocycles. The Morgan fingerprint density at radius 1 is 1.43 bits per heavy atom. The van der Waals surface area contributed by atoms with Gasteiger partial charge in [-0.15, -0.1) is 11.3 Å². The SMILES string of the molecule is CN=C(NCCC(=O)N(C)C)NCc1nc(C(C)C)cs1. The molecule has 0 atom stereocenters. The first kappa shape index (κ1) is 17.4. The molecule has 0 spiro atoms. The molecule has 21 heavy (non-hydrogen) atoms. The highest BCUT2D eigenvalue weighted by atomic mass is 32.1. The average molecular weight is 311 g/mol. The lowest BCUT2D eigenvalue weighted by Crippen LogP contribution is -2.38. The van der Waals surface area contributed by atoms with E-state index < -0.39 is 0 Å². The van der Waals surface area contributed by atoms with Crippen LogP contribution in [0.1, 0.15) is 36.9 Å². The molecule has 0 aliphatic heterocycles. The highest BCUT2D eigenvalue weighted by Crippen LogP contribution is 2.17. The van der Waals surface area contributed by atoms with Crippen molar-refractivity contribution in [3.8, 4) is 0 Å². The molecular weight excluding hydrogens is 286 g/mol. The number of nitrogens with zero attached hydrogens (tertiary/aromatic N) is 3. The number of guanidine groups is 1. The maximum absolute atomic E-state index is 11.5. The number of thiazole rings is 1. The molecule has 7 heteroatoms. The fraction of sp³-hybridized carbons (Fsp3) is 0.643. The van der Waals surface area contributed by atoms with Gasteiger partial charge in [0.2, 0.25) is 5.91 Å². The van der Waals surface area contributed by atoms with Crippen LogP contribution < -0.4 is 10.6 Å². The number of hydrogen-bond donors (Lipinski definition) is 2. The van der Waals surface area contributed by atoms with E-state index in [0.717, 1.165) is 10.7 Å². The van der Waals surface area contributed by atoms with Crippen molar-refractivity contribution in [1.82, 2.24) is 20.5 Å². The van der Waals surface area contributed by atoms with E-state index in [4.69, 9.17) is 0 Å². The molecule has 118 valence electrons. The molecule has 1 aromatic rings. The lowest BCUT2D eigenvalue weighted by atomic mass is 10.2. The zero-order valence-electron chi connectivity index (χ0n) is 13.4. The highest BCUT2D eigenvalue weighted by molar-refractivity contribution is 7.09. The van der Waals surface area contributed by atoms with Gasteiger partial charge < -0.3 is 15.5 Å². The van der Waals surface area contributed by atoms with Gasteiger partial charge in [0.1, 0.15) is 5.01 Å². The Balaban J connectivity index is 2.35. The molecule has 1 rings (SSSR count). The van der Waals surface area contributed by atoms with Gasteiger partial charge in [-0.3, -0.25) is 9.79 Å². The van der Waals surface area contributed by atoms with Gasteiger partial charge in [0.05, 0.1) is 12.2 Å². The molecule has 0 aliphatic carbocycles. The highest BCUT2D eigenvalue weighted by Gasteiger charge is 2.07. The van der Waals surface area contributed by atoms with E-state index in [9.17, 15) is 4.79 Å². The minimum atomic E-state index is 0.0967. The van der Waals surface area contributed by atoms with Gasteiger partial charge in [-0.2, -0.15) is 0 Å². The number of amides is 1. The standard InChI is InChI=1S/C14H25N5OS/c1-10(2)11-9-21-12(18-11)8-17-14(15-3)16-7-6-13(20)19(4)5/h9-10H,6-8H2,1-5H3,(H2,15,16,17). The summed E-state index contributed by atoms with van der Waals surface area (Å²) < 4.78 is 0. The van der Waals surface area contributed by atoms with Crippen LogP contribution in [0.5, 0.6) is 0 Å². The Morgan fingerprint density at radius 3 is 2.67 bits per heavy atom. The van der Waals surface area contributed by atoms with E-state index in [1.807, 2.05) is 0 Å². The predicted molar refractivity (Wildman–Crippen MR) is 87.7 cm³/mol. The smallest absolute Gasteiger partial charge is 0.223 e. The molecule has 0 unspecified atom stereocenters. The van der Waals surface area contributed by atoms with Gasteiger partial charge in [-0.05, 0) is 5.92 Å². The summed E-state index contributed by atoms with van der Waals surface area (Å²) in [6.07, 6.45) is 0.447. The first-order valence-corrected chi connectivity index (χ1v) is 7.91. The normalized spacial score (nSPS) is 11.6. The zero-order valence-corrected chi connectivity index (χ0v) is 14.3. The molecule has 1 heterocycles.